The maximum absolute atomic E-state index is 13.7. The van der Waals surface area contributed by atoms with Crippen LogP contribution in [0.25, 0.3) is 0 Å². The second-order valence-corrected chi connectivity index (χ2v) is 11.3. The molecule has 1 atom stereocenters. The number of halogens is 3. The van der Waals surface area contributed by atoms with Crippen LogP contribution < -0.4 is 9.64 Å². The predicted octanol–water partition coefficient (Wildman–Crippen LogP) is 4.80. The molecule has 1 amide bonds. The molecule has 8 nitrogen and oxygen atoms in total. The van der Waals surface area contributed by atoms with Crippen molar-refractivity contribution in [3.63, 3.8) is 0 Å². The van der Waals surface area contributed by atoms with Crippen LogP contribution in [-0.2, 0) is 30.9 Å². The molecule has 0 saturated heterocycles. The lowest BCUT2D eigenvalue weighted by molar-refractivity contribution is -0.148. The lowest BCUT2D eigenvalue weighted by Gasteiger charge is -2.34. The number of esters is 1. The first-order valence-electron chi connectivity index (χ1n) is 10.9. The van der Waals surface area contributed by atoms with E-state index >= 15 is 0 Å². The van der Waals surface area contributed by atoms with Gasteiger partial charge in [-0.2, -0.15) is 4.31 Å². The van der Waals surface area contributed by atoms with Crippen LogP contribution in [0.5, 0.6) is 5.75 Å². The number of para-hydroxylation sites is 2. The maximum atomic E-state index is 13.7. The molecule has 0 N–H and O–H groups in total. The normalized spacial score (nSPS) is 15.2. The molecule has 0 fully saturated rings. The monoisotopic (exact) mass is 582 g/mol. The topological polar surface area (TPSA) is 93.2 Å². The summed E-state index contributed by atoms with van der Waals surface area (Å²) in [6.45, 7) is -0.912. The number of carbonyl (C=O) groups is 2. The Hall–Kier alpha value is -2.82. The fraction of sp³-hybridized carbons (Fsp3) is 0.200. The summed E-state index contributed by atoms with van der Waals surface area (Å²) < 4.78 is 38.8. The van der Waals surface area contributed by atoms with Crippen LogP contribution in [0, 0.1) is 0 Å². The minimum absolute atomic E-state index is 0.0513. The highest BCUT2D eigenvalue weighted by atomic mass is 35.5. The van der Waals surface area contributed by atoms with Crippen molar-refractivity contribution >= 4 is 62.4 Å². The summed E-state index contributed by atoms with van der Waals surface area (Å²) in [6, 6.07) is 16.9. The van der Waals surface area contributed by atoms with Gasteiger partial charge >= 0.3 is 5.97 Å². The van der Waals surface area contributed by atoms with Gasteiger partial charge in [0.15, 0.2) is 0 Å². The molecule has 4 rings (SSSR count). The van der Waals surface area contributed by atoms with E-state index in [1.54, 1.807) is 36.4 Å². The Balaban J connectivity index is 1.70. The standard InChI is InChI=1S/C25H21Cl3N2O6S/c1-35-25(32)23-14-30(21-4-2-3-5-22(21)36-23)24(31)15-29(13-16-6-7-18(27)12-20(16)28)37(33,34)19-10-8-17(26)9-11-19/h2-12,23H,13-15H2,1H3/t23-/m1/s1. The van der Waals surface area contributed by atoms with Crippen molar-refractivity contribution in [3.8, 4) is 5.75 Å². The molecule has 3 aromatic rings. The average Bonchev–Trinajstić information content (AvgIpc) is 2.88. The van der Waals surface area contributed by atoms with E-state index in [4.69, 9.17) is 44.3 Å². The third kappa shape index (κ3) is 6.02. The van der Waals surface area contributed by atoms with E-state index in [0.717, 1.165) is 4.31 Å². The number of fused-ring (bicyclic) bond motifs is 1. The highest BCUT2D eigenvalue weighted by Crippen LogP contribution is 2.34. The molecule has 0 aliphatic carbocycles. The number of anilines is 1. The molecule has 1 aliphatic heterocycles. The van der Waals surface area contributed by atoms with Gasteiger partial charge in [0.2, 0.25) is 22.0 Å². The zero-order valence-electron chi connectivity index (χ0n) is 19.4. The number of sulfonamides is 1. The summed E-state index contributed by atoms with van der Waals surface area (Å²) in [5.41, 5.74) is 0.854. The van der Waals surface area contributed by atoms with Gasteiger partial charge in [0, 0.05) is 21.6 Å². The number of nitrogens with zero attached hydrogens (tertiary/aromatic N) is 2. The second kappa shape index (κ2) is 11.3. The molecule has 0 aromatic heterocycles. The number of hydrogen-bond acceptors (Lipinski definition) is 6. The fourth-order valence-corrected chi connectivity index (χ4v) is 5.74. The van der Waals surface area contributed by atoms with E-state index in [1.807, 2.05) is 0 Å². The lowest BCUT2D eigenvalue weighted by Crippen LogP contribution is -2.50. The summed E-state index contributed by atoms with van der Waals surface area (Å²) in [7, 11) is -2.96. The zero-order valence-corrected chi connectivity index (χ0v) is 22.5. The first-order valence-corrected chi connectivity index (χ1v) is 13.5. The molecule has 3 aromatic carbocycles. The van der Waals surface area contributed by atoms with Crippen LogP contribution in [-0.4, -0.2) is 50.9 Å². The van der Waals surface area contributed by atoms with Crippen molar-refractivity contribution in [1.82, 2.24) is 4.31 Å². The molecule has 194 valence electrons. The Morgan fingerprint density at radius 2 is 1.70 bits per heavy atom. The molecule has 37 heavy (non-hydrogen) atoms. The van der Waals surface area contributed by atoms with E-state index in [1.165, 1.54) is 42.3 Å². The minimum atomic E-state index is -4.18. The van der Waals surface area contributed by atoms with Crippen LogP contribution in [0.4, 0.5) is 5.69 Å². The van der Waals surface area contributed by atoms with E-state index in [9.17, 15) is 18.0 Å². The van der Waals surface area contributed by atoms with Gasteiger partial charge in [-0.3, -0.25) is 4.79 Å². The van der Waals surface area contributed by atoms with E-state index in [0.29, 0.717) is 27.0 Å². The van der Waals surface area contributed by atoms with Gasteiger partial charge in [0.05, 0.1) is 30.8 Å². The van der Waals surface area contributed by atoms with Gasteiger partial charge in [-0.05, 0) is 54.1 Å². The summed E-state index contributed by atoms with van der Waals surface area (Å²) in [5.74, 6) is -0.941. The fourth-order valence-electron chi connectivity index (χ4n) is 3.78. The van der Waals surface area contributed by atoms with Gasteiger partial charge in [0.1, 0.15) is 5.75 Å². The van der Waals surface area contributed by atoms with Crippen LogP contribution in [0.2, 0.25) is 15.1 Å². The average molecular weight is 584 g/mol. The van der Waals surface area contributed by atoms with Gasteiger partial charge in [-0.1, -0.05) is 53.0 Å². The highest BCUT2D eigenvalue weighted by molar-refractivity contribution is 7.89. The Morgan fingerprint density at radius 3 is 2.38 bits per heavy atom. The molecule has 0 radical (unpaired) electrons. The first-order chi connectivity index (χ1) is 17.6. The van der Waals surface area contributed by atoms with E-state index in [2.05, 4.69) is 0 Å². The van der Waals surface area contributed by atoms with Crippen LogP contribution in [0.3, 0.4) is 0 Å². The van der Waals surface area contributed by atoms with E-state index < -0.39 is 34.5 Å². The molecular weight excluding hydrogens is 563 g/mol. The molecule has 1 heterocycles. The van der Waals surface area contributed by atoms with Crippen molar-refractivity contribution in [2.24, 2.45) is 0 Å². The number of ether oxygens (including phenoxy) is 2. The molecule has 0 spiro atoms. The highest BCUT2D eigenvalue weighted by Gasteiger charge is 2.36. The van der Waals surface area contributed by atoms with Crippen molar-refractivity contribution in [2.45, 2.75) is 17.5 Å². The molecule has 1 aliphatic rings. The van der Waals surface area contributed by atoms with Crippen LogP contribution in [0.15, 0.2) is 71.6 Å². The zero-order chi connectivity index (χ0) is 26.7. The van der Waals surface area contributed by atoms with Crippen molar-refractivity contribution < 1.29 is 27.5 Å². The second-order valence-electron chi connectivity index (χ2n) is 8.06. The quantitative estimate of drug-likeness (QED) is 0.371. The number of carbonyl (C=O) groups excluding carboxylic acids is 2. The summed E-state index contributed by atoms with van der Waals surface area (Å²) >= 11 is 18.3. The van der Waals surface area contributed by atoms with Crippen LogP contribution >= 0.6 is 34.8 Å². The third-order valence-corrected chi connectivity index (χ3v) is 8.31. The number of rotatable bonds is 7. The Bertz CT molecular complexity index is 1430. The summed E-state index contributed by atoms with van der Waals surface area (Å²) in [4.78, 5) is 27.1. The molecule has 0 bridgehead atoms. The molecule has 12 heteroatoms. The number of methoxy groups -OCH3 is 1. The SMILES string of the molecule is COC(=O)[C@H]1CN(C(=O)CN(Cc2ccc(Cl)cc2Cl)S(=O)(=O)c2ccc(Cl)cc2)c2ccccc2O1. The minimum Gasteiger partial charge on any atom is -0.475 e. The number of amides is 1. The Kier molecular flexibility index (Phi) is 8.30. The van der Waals surface area contributed by atoms with Crippen molar-refractivity contribution in [3.05, 3.63) is 87.4 Å². The van der Waals surface area contributed by atoms with Gasteiger partial charge in [-0.25, -0.2) is 13.2 Å². The number of benzene rings is 3. The van der Waals surface area contributed by atoms with E-state index in [-0.39, 0.29) is 23.0 Å². The lowest BCUT2D eigenvalue weighted by atomic mass is 10.1. The molecule has 0 saturated carbocycles. The summed E-state index contributed by atoms with van der Waals surface area (Å²) in [5, 5.41) is 0.996. The molecule has 0 unspecified atom stereocenters. The predicted molar refractivity (Wildman–Crippen MR) is 141 cm³/mol. The molecular formula is C25H21Cl3N2O6S. The van der Waals surface area contributed by atoms with Crippen molar-refractivity contribution in [2.75, 3.05) is 25.1 Å². The third-order valence-electron chi connectivity index (χ3n) is 5.66. The largest absolute Gasteiger partial charge is 0.475 e. The summed E-state index contributed by atoms with van der Waals surface area (Å²) in [6.07, 6.45) is -1.07. The maximum Gasteiger partial charge on any atom is 0.348 e. The van der Waals surface area contributed by atoms with Crippen molar-refractivity contribution in [1.29, 1.82) is 0 Å². The van der Waals surface area contributed by atoms with Gasteiger partial charge in [0.25, 0.3) is 0 Å². The van der Waals surface area contributed by atoms with Gasteiger partial charge < -0.3 is 14.4 Å². The van der Waals surface area contributed by atoms with Crippen LogP contribution in [0.1, 0.15) is 5.56 Å². The van der Waals surface area contributed by atoms with Gasteiger partial charge in [-0.15, -0.1) is 0 Å². The Labute approximate surface area is 229 Å². The number of hydrogen-bond donors (Lipinski definition) is 0. The smallest absolute Gasteiger partial charge is 0.348 e. The Morgan fingerprint density at radius 1 is 1.03 bits per heavy atom. The first kappa shape index (κ1) is 27.2.